The molecule has 2 unspecified atom stereocenters. The minimum atomic E-state index is -4.53. The minimum absolute atomic E-state index is 0.0145. The largest absolute Gasteiger partial charge is 0.418 e. The summed E-state index contributed by atoms with van der Waals surface area (Å²) >= 11 is 0. The summed E-state index contributed by atoms with van der Waals surface area (Å²) in [5.41, 5.74) is -0.504. The van der Waals surface area contributed by atoms with Crippen LogP contribution in [0.25, 0.3) is 0 Å². The van der Waals surface area contributed by atoms with Crippen LogP contribution in [0, 0.1) is 0 Å². The number of carbonyl (C=O) groups excluding carboxylic acids is 1. The second-order valence-corrected chi connectivity index (χ2v) is 9.80. The molecule has 0 aromatic carbocycles. The molecule has 9 nitrogen and oxygen atoms in total. The number of amides is 1. The van der Waals surface area contributed by atoms with Crippen LogP contribution in [0.4, 0.5) is 36.4 Å². The van der Waals surface area contributed by atoms with E-state index in [1.807, 2.05) is 7.05 Å². The number of piperazine rings is 1. The van der Waals surface area contributed by atoms with Gasteiger partial charge in [-0.1, -0.05) is 6.92 Å². The SMILES string of the molecule is CCC(C)N1c2nc(Nc3cc(C(F)(F)F)c(N4CCNCC4)cn3)ncc2CC12CCN(C)C2=O. The molecule has 194 valence electrons. The van der Waals surface area contributed by atoms with Crippen molar-refractivity contribution in [2.75, 3.05) is 54.9 Å². The first-order valence-corrected chi connectivity index (χ1v) is 12.3. The fourth-order valence-electron chi connectivity index (χ4n) is 5.53. The molecule has 1 spiro atoms. The fourth-order valence-corrected chi connectivity index (χ4v) is 5.53. The van der Waals surface area contributed by atoms with Crippen LogP contribution in [-0.4, -0.2) is 77.1 Å². The van der Waals surface area contributed by atoms with Crippen LogP contribution in [0.5, 0.6) is 0 Å². The molecular weight excluding hydrogens is 473 g/mol. The van der Waals surface area contributed by atoms with Crippen molar-refractivity contribution in [2.24, 2.45) is 0 Å². The molecule has 3 aliphatic heterocycles. The lowest BCUT2D eigenvalue weighted by Gasteiger charge is -2.38. The number of alkyl halides is 3. The summed E-state index contributed by atoms with van der Waals surface area (Å²) in [6, 6.07) is 1.06. The Hall–Kier alpha value is -3.15. The smallest absolute Gasteiger partial charge is 0.367 e. The summed E-state index contributed by atoms with van der Waals surface area (Å²) < 4.78 is 41.8. The van der Waals surface area contributed by atoms with Crippen LogP contribution in [0.1, 0.15) is 37.8 Å². The maximum Gasteiger partial charge on any atom is 0.418 e. The molecule has 0 radical (unpaired) electrons. The summed E-state index contributed by atoms with van der Waals surface area (Å²) in [4.78, 5) is 32.0. The molecular formula is C24H31F3N8O. The maximum absolute atomic E-state index is 13.9. The van der Waals surface area contributed by atoms with Crippen molar-refractivity contribution in [3.63, 3.8) is 0 Å². The second-order valence-electron chi connectivity index (χ2n) is 9.80. The third kappa shape index (κ3) is 4.10. The number of nitrogens with zero attached hydrogens (tertiary/aromatic N) is 6. The van der Waals surface area contributed by atoms with Gasteiger partial charge in [0.25, 0.3) is 0 Å². The summed E-state index contributed by atoms with van der Waals surface area (Å²) in [6.07, 6.45) is 0.418. The quantitative estimate of drug-likeness (QED) is 0.643. The predicted octanol–water partition coefficient (Wildman–Crippen LogP) is 2.81. The van der Waals surface area contributed by atoms with Crippen molar-refractivity contribution >= 4 is 29.2 Å². The van der Waals surface area contributed by atoms with Crippen LogP contribution >= 0.6 is 0 Å². The highest BCUT2D eigenvalue weighted by Gasteiger charge is 2.56. The Morgan fingerprint density at radius 2 is 1.94 bits per heavy atom. The molecule has 36 heavy (non-hydrogen) atoms. The maximum atomic E-state index is 13.9. The molecule has 3 aliphatic rings. The van der Waals surface area contributed by atoms with E-state index in [4.69, 9.17) is 0 Å². The molecule has 0 saturated carbocycles. The van der Waals surface area contributed by atoms with Crippen LogP contribution in [0.15, 0.2) is 18.5 Å². The van der Waals surface area contributed by atoms with Gasteiger partial charge in [0.1, 0.15) is 17.2 Å². The number of anilines is 4. The summed E-state index contributed by atoms with van der Waals surface area (Å²) in [5, 5.41) is 6.01. The van der Waals surface area contributed by atoms with Gasteiger partial charge in [-0.05, 0) is 25.8 Å². The normalized spacial score (nSPS) is 22.9. The van der Waals surface area contributed by atoms with Crippen molar-refractivity contribution in [3.05, 3.63) is 29.6 Å². The first-order chi connectivity index (χ1) is 17.1. The molecule has 2 saturated heterocycles. The number of likely N-dealkylation sites (tertiary alicyclic amines) is 1. The fraction of sp³-hybridized carbons (Fsp3) is 0.583. The van der Waals surface area contributed by atoms with Gasteiger partial charge >= 0.3 is 6.18 Å². The lowest BCUT2D eigenvalue weighted by atomic mass is 9.91. The number of halogens is 3. The Morgan fingerprint density at radius 1 is 1.19 bits per heavy atom. The molecule has 5 rings (SSSR count). The van der Waals surface area contributed by atoms with Gasteiger partial charge in [0, 0.05) is 64.0 Å². The Labute approximate surface area is 208 Å². The van der Waals surface area contributed by atoms with Crippen molar-refractivity contribution in [1.82, 2.24) is 25.2 Å². The van der Waals surface area contributed by atoms with Crippen LogP contribution < -0.4 is 20.4 Å². The molecule has 2 aromatic rings. The van der Waals surface area contributed by atoms with Crippen LogP contribution in [0.3, 0.4) is 0 Å². The average Bonchev–Trinajstić information content (AvgIpc) is 3.34. The van der Waals surface area contributed by atoms with Gasteiger partial charge in [0.15, 0.2) is 0 Å². The number of fused-ring (bicyclic) bond motifs is 1. The first kappa shape index (κ1) is 24.5. The Kier molecular flexibility index (Phi) is 6.17. The third-order valence-electron chi connectivity index (χ3n) is 7.54. The number of rotatable bonds is 5. The lowest BCUT2D eigenvalue weighted by molar-refractivity contribution is -0.137. The number of pyridine rings is 1. The molecule has 0 aliphatic carbocycles. The third-order valence-corrected chi connectivity index (χ3v) is 7.54. The van der Waals surface area contributed by atoms with E-state index in [0.717, 1.165) is 18.1 Å². The van der Waals surface area contributed by atoms with E-state index in [9.17, 15) is 18.0 Å². The molecule has 2 aromatic heterocycles. The number of hydrogen-bond donors (Lipinski definition) is 2. The molecule has 2 N–H and O–H groups in total. The monoisotopic (exact) mass is 504 g/mol. The number of nitrogens with one attached hydrogen (secondary N) is 2. The van der Waals surface area contributed by atoms with E-state index in [2.05, 4.69) is 44.3 Å². The van der Waals surface area contributed by atoms with Crippen molar-refractivity contribution in [2.45, 2.75) is 50.9 Å². The van der Waals surface area contributed by atoms with Gasteiger partial charge in [-0.3, -0.25) is 4.79 Å². The van der Waals surface area contributed by atoms with E-state index >= 15 is 0 Å². The van der Waals surface area contributed by atoms with E-state index in [1.54, 1.807) is 16.0 Å². The van der Waals surface area contributed by atoms with E-state index < -0.39 is 17.3 Å². The Bertz CT molecular complexity index is 1150. The highest BCUT2D eigenvalue weighted by atomic mass is 19.4. The second kappa shape index (κ2) is 9.06. The van der Waals surface area contributed by atoms with E-state index in [0.29, 0.717) is 51.4 Å². The van der Waals surface area contributed by atoms with Gasteiger partial charge in [0.05, 0.1) is 17.4 Å². The topological polar surface area (TPSA) is 89.5 Å². The zero-order valence-electron chi connectivity index (χ0n) is 20.7. The van der Waals surface area contributed by atoms with E-state index in [-0.39, 0.29) is 29.4 Å². The molecule has 2 atom stereocenters. The van der Waals surface area contributed by atoms with Crippen molar-refractivity contribution in [1.29, 1.82) is 0 Å². The van der Waals surface area contributed by atoms with E-state index in [1.165, 1.54) is 6.20 Å². The summed E-state index contributed by atoms with van der Waals surface area (Å²) in [7, 11) is 1.81. The Balaban J connectivity index is 1.47. The van der Waals surface area contributed by atoms with Crippen molar-refractivity contribution in [3.8, 4) is 0 Å². The molecule has 0 bridgehead atoms. The summed E-state index contributed by atoms with van der Waals surface area (Å²) in [6.45, 7) is 6.98. The lowest BCUT2D eigenvalue weighted by Crippen LogP contribution is -2.56. The van der Waals surface area contributed by atoms with Gasteiger partial charge in [-0.2, -0.15) is 18.2 Å². The highest BCUT2D eigenvalue weighted by molar-refractivity contribution is 5.94. The zero-order chi connectivity index (χ0) is 25.7. The number of aromatic nitrogens is 3. The van der Waals surface area contributed by atoms with Gasteiger partial charge < -0.3 is 25.3 Å². The molecule has 5 heterocycles. The molecule has 2 fully saturated rings. The van der Waals surface area contributed by atoms with Crippen molar-refractivity contribution < 1.29 is 18.0 Å². The standard InChI is InChI=1S/C24H31F3N8O/c1-4-15(2)35-20-16(12-23(35)5-8-33(3)21(23)36)13-30-22(32-20)31-19-11-17(24(25,26)27)18(14-29-19)34-9-6-28-7-10-34/h11,13-15,28H,4-10,12H2,1-3H3,(H,29,30,31,32). The Morgan fingerprint density at radius 3 is 2.58 bits per heavy atom. The number of carbonyl (C=O) groups is 1. The highest BCUT2D eigenvalue weighted by Crippen LogP contribution is 2.45. The number of likely N-dealkylation sites (N-methyl/N-ethyl adjacent to an activating group) is 1. The minimum Gasteiger partial charge on any atom is -0.367 e. The van der Waals surface area contributed by atoms with Gasteiger partial charge in [-0.25, -0.2) is 9.97 Å². The molecule has 1 amide bonds. The zero-order valence-corrected chi connectivity index (χ0v) is 20.7. The average molecular weight is 505 g/mol. The predicted molar refractivity (Wildman–Crippen MR) is 131 cm³/mol. The van der Waals surface area contributed by atoms with Gasteiger partial charge in [0.2, 0.25) is 11.9 Å². The van der Waals surface area contributed by atoms with Crippen LogP contribution in [-0.2, 0) is 17.4 Å². The summed E-state index contributed by atoms with van der Waals surface area (Å²) in [5.74, 6) is 0.878. The van der Waals surface area contributed by atoms with Crippen LogP contribution in [0.2, 0.25) is 0 Å². The first-order valence-electron chi connectivity index (χ1n) is 12.3. The van der Waals surface area contributed by atoms with Gasteiger partial charge in [-0.15, -0.1) is 0 Å². The number of hydrogen-bond acceptors (Lipinski definition) is 8. The molecule has 12 heteroatoms.